The number of ether oxygens (including phenoxy) is 3. The fraction of sp³-hybridized carbons (Fsp3) is 0.350. The molecule has 0 radical (unpaired) electrons. The first-order valence-corrected chi connectivity index (χ1v) is 8.57. The Morgan fingerprint density at radius 3 is 2.62 bits per heavy atom. The first-order valence-electron chi connectivity index (χ1n) is 8.57. The molecule has 138 valence electrons. The average Bonchev–Trinajstić information content (AvgIpc) is 2.67. The van der Waals surface area contributed by atoms with Crippen LogP contribution in [0.15, 0.2) is 42.5 Å². The summed E-state index contributed by atoms with van der Waals surface area (Å²) in [4.78, 5) is 14.6. The Hall–Kier alpha value is -2.73. The fourth-order valence-electron chi connectivity index (χ4n) is 2.99. The molecule has 0 fully saturated rings. The van der Waals surface area contributed by atoms with Gasteiger partial charge in [-0.15, -0.1) is 0 Å². The molecule has 26 heavy (non-hydrogen) atoms. The molecule has 6 nitrogen and oxygen atoms in total. The molecular formula is C20H24N2O4. The number of methoxy groups -OCH3 is 1. The average molecular weight is 356 g/mol. The van der Waals surface area contributed by atoms with Crippen LogP contribution in [-0.2, 0) is 0 Å². The third kappa shape index (κ3) is 3.91. The summed E-state index contributed by atoms with van der Waals surface area (Å²) in [5, 5.41) is 3.00. The predicted octanol–water partition coefficient (Wildman–Crippen LogP) is 2.50. The zero-order valence-electron chi connectivity index (χ0n) is 15.3. The van der Waals surface area contributed by atoms with Crippen molar-refractivity contribution in [1.82, 2.24) is 10.2 Å². The SMILES string of the molecule is COc1ccccc1C(CNC(=O)c1ccc2c(c1)OCCO2)N(C)C. The smallest absolute Gasteiger partial charge is 0.251 e. The monoisotopic (exact) mass is 356 g/mol. The second-order valence-corrected chi connectivity index (χ2v) is 6.29. The highest BCUT2D eigenvalue weighted by molar-refractivity contribution is 5.94. The second kappa shape index (κ2) is 8.10. The Kier molecular flexibility index (Phi) is 5.63. The number of likely N-dealkylation sites (N-methyl/N-ethyl adjacent to an activating group) is 1. The van der Waals surface area contributed by atoms with E-state index in [2.05, 4.69) is 10.2 Å². The van der Waals surface area contributed by atoms with Crippen LogP contribution in [0.4, 0.5) is 0 Å². The molecule has 1 heterocycles. The molecule has 2 aromatic carbocycles. The number of hydrogen-bond acceptors (Lipinski definition) is 5. The summed E-state index contributed by atoms with van der Waals surface area (Å²) in [5.74, 6) is 1.94. The summed E-state index contributed by atoms with van der Waals surface area (Å²) >= 11 is 0. The summed E-state index contributed by atoms with van der Waals surface area (Å²) in [6, 6.07) is 13.1. The quantitative estimate of drug-likeness (QED) is 0.862. The summed E-state index contributed by atoms with van der Waals surface area (Å²) in [5.41, 5.74) is 1.58. The van der Waals surface area contributed by atoms with Crippen LogP contribution in [0.1, 0.15) is 22.0 Å². The summed E-state index contributed by atoms with van der Waals surface area (Å²) in [7, 11) is 5.61. The van der Waals surface area contributed by atoms with Crippen LogP contribution < -0.4 is 19.5 Å². The highest BCUT2D eigenvalue weighted by atomic mass is 16.6. The van der Waals surface area contributed by atoms with Crippen LogP contribution in [-0.4, -0.2) is 51.8 Å². The maximum atomic E-state index is 12.6. The summed E-state index contributed by atoms with van der Waals surface area (Å²) < 4.78 is 16.5. The molecule has 0 spiro atoms. The van der Waals surface area contributed by atoms with Gasteiger partial charge in [-0.25, -0.2) is 0 Å². The van der Waals surface area contributed by atoms with E-state index in [1.165, 1.54) is 0 Å². The first kappa shape index (κ1) is 18.1. The lowest BCUT2D eigenvalue weighted by molar-refractivity contribution is 0.0940. The minimum atomic E-state index is -0.149. The summed E-state index contributed by atoms with van der Waals surface area (Å²) in [6.07, 6.45) is 0. The number of nitrogens with zero attached hydrogens (tertiary/aromatic N) is 1. The Morgan fingerprint density at radius 2 is 1.88 bits per heavy atom. The van der Waals surface area contributed by atoms with Gasteiger partial charge in [0, 0.05) is 17.7 Å². The molecule has 2 aromatic rings. The Balaban J connectivity index is 1.72. The maximum absolute atomic E-state index is 12.6. The predicted molar refractivity (Wildman–Crippen MR) is 99.2 cm³/mol. The number of para-hydroxylation sites is 1. The van der Waals surface area contributed by atoms with Gasteiger partial charge in [0.05, 0.1) is 13.2 Å². The zero-order chi connectivity index (χ0) is 18.5. The summed E-state index contributed by atoms with van der Waals surface area (Å²) in [6.45, 7) is 1.48. The van der Waals surface area contributed by atoms with Crippen LogP contribution in [0, 0.1) is 0 Å². The van der Waals surface area contributed by atoms with E-state index in [4.69, 9.17) is 14.2 Å². The first-order chi connectivity index (χ1) is 12.6. The number of benzene rings is 2. The standard InChI is InChI=1S/C20H24N2O4/c1-22(2)16(15-6-4-5-7-17(15)24-3)13-21-20(23)14-8-9-18-19(12-14)26-11-10-25-18/h4-9,12,16H,10-11,13H2,1-3H3,(H,21,23). The van der Waals surface area contributed by atoms with Gasteiger partial charge in [0.15, 0.2) is 11.5 Å². The molecule has 1 atom stereocenters. The van der Waals surface area contributed by atoms with Gasteiger partial charge in [-0.05, 0) is 38.4 Å². The molecule has 0 bridgehead atoms. The van der Waals surface area contributed by atoms with E-state index >= 15 is 0 Å². The zero-order valence-corrected chi connectivity index (χ0v) is 15.3. The molecular weight excluding hydrogens is 332 g/mol. The van der Waals surface area contributed by atoms with Crippen LogP contribution in [0.3, 0.4) is 0 Å². The lowest BCUT2D eigenvalue weighted by Gasteiger charge is -2.26. The minimum absolute atomic E-state index is 0.00712. The van der Waals surface area contributed by atoms with Gasteiger partial charge < -0.3 is 24.4 Å². The Labute approximate surface area is 153 Å². The number of carbonyl (C=O) groups excluding carboxylic acids is 1. The minimum Gasteiger partial charge on any atom is -0.496 e. The van der Waals surface area contributed by atoms with Crippen LogP contribution in [0.25, 0.3) is 0 Å². The molecule has 0 saturated heterocycles. The van der Waals surface area contributed by atoms with E-state index in [1.54, 1.807) is 25.3 Å². The molecule has 0 aromatic heterocycles. The van der Waals surface area contributed by atoms with E-state index < -0.39 is 0 Å². The largest absolute Gasteiger partial charge is 0.496 e. The normalized spacial score (nSPS) is 14.0. The molecule has 1 amide bonds. The van der Waals surface area contributed by atoms with Crippen molar-refractivity contribution in [2.45, 2.75) is 6.04 Å². The Bertz CT molecular complexity index is 776. The highest BCUT2D eigenvalue weighted by Gasteiger charge is 2.20. The van der Waals surface area contributed by atoms with Gasteiger partial charge in [0.2, 0.25) is 0 Å². The topological polar surface area (TPSA) is 60.0 Å². The lowest BCUT2D eigenvalue weighted by Crippen LogP contribution is -2.34. The van der Waals surface area contributed by atoms with Crippen molar-refractivity contribution in [3.05, 3.63) is 53.6 Å². The van der Waals surface area contributed by atoms with Gasteiger partial charge in [0.25, 0.3) is 5.91 Å². The number of nitrogens with one attached hydrogen (secondary N) is 1. The number of hydrogen-bond donors (Lipinski definition) is 1. The van der Waals surface area contributed by atoms with Crippen molar-refractivity contribution < 1.29 is 19.0 Å². The molecule has 1 aliphatic heterocycles. The fourth-order valence-corrected chi connectivity index (χ4v) is 2.99. The van der Waals surface area contributed by atoms with Gasteiger partial charge in [-0.1, -0.05) is 18.2 Å². The molecule has 6 heteroatoms. The van der Waals surface area contributed by atoms with Crippen LogP contribution in [0.2, 0.25) is 0 Å². The van der Waals surface area contributed by atoms with Gasteiger partial charge >= 0.3 is 0 Å². The van der Waals surface area contributed by atoms with Gasteiger partial charge in [-0.2, -0.15) is 0 Å². The number of amides is 1. The van der Waals surface area contributed by atoms with Crippen molar-refractivity contribution in [2.75, 3.05) is 41.0 Å². The van der Waals surface area contributed by atoms with Crippen molar-refractivity contribution in [3.8, 4) is 17.2 Å². The molecule has 1 unspecified atom stereocenters. The van der Waals surface area contributed by atoms with E-state index in [0.717, 1.165) is 11.3 Å². The third-order valence-corrected chi connectivity index (χ3v) is 4.38. The van der Waals surface area contributed by atoms with Crippen molar-refractivity contribution in [1.29, 1.82) is 0 Å². The molecule has 3 rings (SSSR count). The Morgan fingerprint density at radius 1 is 1.15 bits per heavy atom. The van der Waals surface area contributed by atoms with Crippen molar-refractivity contribution in [2.24, 2.45) is 0 Å². The van der Waals surface area contributed by atoms with E-state index in [-0.39, 0.29) is 11.9 Å². The van der Waals surface area contributed by atoms with Gasteiger partial charge in [0.1, 0.15) is 19.0 Å². The van der Waals surface area contributed by atoms with E-state index in [9.17, 15) is 4.79 Å². The van der Waals surface area contributed by atoms with Crippen molar-refractivity contribution in [3.63, 3.8) is 0 Å². The van der Waals surface area contributed by atoms with Gasteiger partial charge in [-0.3, -0.25) is 4.79 Å². The van der Waals surface area contributed by atoms with E-state index in [1.807, 2.05) is 38.4 Å². The highest BCUT2D eigenvalue weighted by Crippen LogP contribution is 2.31. The number of rotatable bonds is 6. The van der Waals surface area contributed by atoms with Crippen LogP contribution >= 0.6 is 0 Å². The lowest BCUT2D eigenvalue weighted by atomic mass is 10.0. The molecule has 1 N–H and O–H groups in total. The van der Waals surface area contributed by atoms with E-state index in [0.29, 0.717) is 36.8 Å². The molecule has 0 aliphatic carbocycles. The third-order valence-electron chi connectivity index (χ3n) is 4.38. The second-order valence-electron chi connectivity index (χ2n) is 6.29. The molecule has 0 saturated carbocycles. The number of fused-ring (bicyclic) bond motifs is 1. The molecule has 1 aliphatic rings. The number of carbonyl (C=O) groups is 1. The van der Waals surface area contributed by atoms with Crippen LogP contribution in [0.5, 0.6) is 17.2 Å². The maximum Gasteiger partial charge on any atom is 0.251 e. The van der Waals surface area contributed by atoms with Crippen molar-refractivity contribution >= 4 is 5.91 Å².